The number of rotatable bonds is 7. The number of carbonyl (C=O) groups is 2. The summed E-state index contributed by atoms with van der Waals surface area (Å²) in [7, 11) is 0. The van der Waals surface area contributed by atoms with Crippen LogP contribution < -0.4 is 0 Å². The standard InChI is InChI=1S/C17H26O3/c1-4-20-16(19)11-13-17(2,3)12-7-9-14-8-5-6-10-15(14)18/h6,10-11,13-14H,4-5,7-9,12H2,1-3H3/b13-11+. The van der Waals surface area contributed by atoms with Gasteiger partial charge in [-0.3, -0.25) is 4.79 Å². The van der Waals surface area contributed by atoms with Gasteiger partial charge in [-0.2, -0.15) is 0 Å². The Bertz CT molecular complexity index is 391. The summed E-state index contributed by atoms with van der Waals surface area (Å²) in [5.41, 5.74) is -0.0414. The van der Waals surface area contributed by atoms with Crippen LogP contribution in [0.4, 0.5) is 0 Å². The molecule has 0 N–H and O–H groups in total. The lowest BCUT2D eigenvalue weighted by atomic mass is 9.82. The highest BCUT2D eigenvalue weighted by Gasteiger charge is 2.20. The van der Waals surface area contributed by atoms with Gasteiger partial charge in [-0.25, -0.2) is 4.79 Å². The molecule has 112 valence electrons. The van der Waals surface area contributed by atoms with E-state index in [1.54, 1.807) is 13.0 Å². The smallest absolute Gasteiger partial charge is 0.330 e. The Labute approximate surface area is 122 Å². The van der Waals surface area contributed by atoms with Gasteiger partial charge in [-0.15, -0.1) is 0 Å². The Balaban J connectivity index is 2.34. The predicted molar refractivity (Wildman–Crippen MR) is 80.3 cm³/mol. The van der Waals surface area contributed by atoms with Crippen LogP contribution in [0.3, 0.4) is 0 Å². The van der Waals surface area contributed by atoms with Crippen molar-refractivity contribution in [3.63, 3.8) is 0 Å². The summed E-state index contributed by atoms with van der Waals surface area (Å²) in [4.78, 5) is 23.0. The van der Waals surface area contributed by atoms with E-state index in [4.69, 9.17) is 4.74 Å². The number of allylic oxidation sites excluding steroid dienone is 3. The Kier molecular flexibility index (Phi) is 6.69. The maximum atomic E-state index is 11.7. The van der Waals surface area contributed by atoms with Gasteiger partial charge in [0.25, 0.3) is 0 Å². The SMILES string of the molecule is CCOC(=O)/C=C/C(C)(C)CCCC1CCC=CC1=O. The first-order chi connectivity index (χ1) is 9.44. The molecule has 1 atom stereocenters. The molecule has 3 nitrogen and oxygen atoms in total. The zero-order valence-electron chi connectivity index (χ0n) is 12.9. The molecule has 1 unspecified atom stereocenters. The van der Waals surface area contributed by atoms with Gasteiger partial charge in [0.15, 0.2) is 5.78 Å². The second-order valence-corrected chi connectivity index (χ2v) is 6.05. The summed E-state index contributed by atoms with van der Waals surface area (Å²) in [6.07, 6.45) is 12.0. The Hall–Kier alpha value is -1.38. The molecule has 20 heavy (non-hydrogen) atoms. The molecule has 0 fully saturated rings. The van der Waals surface area contributed by atoms with Crippen LogP contribution in [-0.4, -0.2) is 18.4 Å². The molecule has 1 aliphatic rings. The van der Waals surface area contributed by atoms with Crippen LogP contribution in [0.2, 0.25) is 0 Å². The number of ether oxygens (including phenoxy) is 1. The van der Waals surface area contributed by atoms with Crippen molar-refractivity contribution in [3.8, 4) is 0 Å². The third-order valence-corrected chi connectivity index (χ3v) is 3.70. The lowest BCUT2D eigenvalue weighted by Gasteiger charge is -2.22. The van der Waals surface area contributed by atoms with Gasteiger partial charge < -0.3 is 4.74 Å². The van der Waals surface area contributed by atoms with Crippen molar-refractivity contribution in [2.24, 2.45) is 11.3 Å². The van der Waals surface area contributed by atoms with E-state index in [0.29, 0.717) is 6.61 Å². The van der Waals surface area contributed by atoms with Crippen LogP contribution in [0.25, 0.3) is 0 Å². The minimum Gasteiger partial charge on any atom is -0.463 e. The van der Waals surface area contributed by atoms with Crippen LogP contribution in [0, 0.1) is 11.3 Å². The van der Waals surface area contributed by atoms with Crippen molar-refractivity contribution in [2.45, 2.75) is 52.9 Å². The van der Waals surface area contributed by atoms with E-state index in [2.05, 4.69) is 13.8 Å². The zero-order valence-corrected chi connectivity index (χ0v) is 12.9. The third kappa shape index (κ3) is 6.18. The van der Waals surface area contributed by atoms with Crippen LogP contribution in [0.15, 0.2) is 24.3 Å². The zero-order chi connectivity index (χ0) is 15.0. The Morgan fingerprint density at radius 3 is 2.90 bits per heavy atom. The largest absolute Gasteiger partial charge is 0.463 e. The number of hydrogen-bond acceptors (Lipinski definition) is 3. The molecule has 0 amide bonds. The van der Waals surface area contributed by atoms with E-state index in [1.807, 2.05) is 12.2 Å². The fourth-order valence-electron chi connectivity index (χ4n) is 2.43. The summed E-state index contributed by atoms with van der Waals surface area (Å²) in [5, 5.41) is 0. The minimum atomic E-state index is -0.284. The molecule has 3 heteroatoms. The van der Waals surface area contributed by atoms with E-state index >= 15 is 0 Å². The van der Waals surface area contributed by atoms with E-state index in [0.717, 1.165) is 32.1 Å². The Morgan fingerprint density at radius 2 is 2.25 bits per heavy atom. The number of carbonyl (C=O) groups excluding carboxylic acids is 2. The topological polar surface area (TPSA) is 43.4 Å². The molecule has 0 heterocycles. The van der Waals surface area contributed by atoms with E-state index < -0.39 is 0 Å². The molecule has 0 radical (unpaired) electrons. The molecule has 0 aromatic carbocycles. The second kappa shape index (κ2) is 8.03. The van der Waals surface area contributed by atoms with E-state index in [9.17, 15) is 9.59 Å². The number of ketones is 1. The second-order valence-electron chi connectivity index (χ2n) is 6.05. The molecule has 0 aliphatic heterocycles. The third-order valence-electron chi connectivity index (χ3n) is 3.70. The molecule has 0 saturated carbocycles. The van der Waals surface area contributed by atoms with Crippen LogP contribution in [-0.2, 0) is 14.3 Å². The number of hydrogen-bond donors (Lipinski definition) is 0. The summed E-state index contributed by atoms with van der Waals surface area (Å²) < 4.78 is 4.87. The van der Waals surface area contributed by atoms with Crippen molar-refractivity contribution in [3.05, 3.63) is 24.3 Å². The average Bonchev–Trinajstić information content (AvgIpc) is 2.39. The van der Waals surface area contributed by atoms with Crippen molar-refractivity contribution in [1.29, 1.82) is 0 Å². The van der Waals surface area contributed by atoms with E-state index in [-0.39, 0.29) is 23.1 Å². The molecule has 1 rings (SSSR count). The van der Waals surface area contributed by atoms with Crippen molar-refractivity contribution < 1.29 is 14.3 Å². The highest BCUT2D eigenvalue weighted by molar-refractivity contribution is 5.92. The summed E-state index contributed by atoms with van der Waals surface area (Å²) in [5.74, 6) is 0.189. The fourth-order valence-corrected chi connectivity index (χ4v) is 2.43. The van der Waals surface area contributed by atoms with Gasteiger partial charge in [-0.1, -0.05) is 32.4 Å². The van der Waals surface area contributed by atoms with Crippen molar-refractivity contribution in [1.82, 2.24) is 0 Å². The molecule has 0 aromatic rings. The first kappa shape index (κ1) is 16.7. The summed E-state index contributed by atoms with van der Waals surface area (Å²) in [6.45, 7) is 6.41. The van der Waals surface area contributed by atoms with Crippen molar-refractivity contribution >= 4 is 11.8 Å². The lowest BCUT2D eigenvalue weighted by Crippen LogP contribution is -2.16. The first-order valence-electron chi connectivity index (χ1n) is 7.51. The molecule has 1 aliphatic carbocycles. The summed E-state index contributed by atoms with van der Waals surface area (Å²) in [6, 6.07) is 0. The van der Waals surface area contributed by atoms with E-state index in [1.165, 1.54) is 6.08 Å². The van der Waals surface area contributed by atoms with Gasteiger partial charge >= 0.3 is 5.97 Å². The highest BCUT2D eigenvalue weighted by Crippen LogP contribution is 2.28. The van der Waals surface area contributed by atoms with Gasteiger partial charge in [0.2, 0.25) is 0 Å². The lowest BCUT2D eigenvalue weighted by molar-refractivity contribution is -0.137. The van der Waals surface area contributed by atoms with Gasteiger partial charge in [-0.05, 0) is 44.1 Å². The molecule has 0 saturated heterocycles. The van der Waals surface area contributed by atoms with Crippen molar-refractivity contribution in [2.75, 3.05) is 6.61 Å². The maximum absolute atomic E-state index is 11.7. The predicted octanol–water partition coefficient (Wildman–Crippen LogP) is 3.84. The molecule has 0 bridgehead atoms. The van der Waals surface area contributed by atoms with Gasteiger partial charge in [0.05, 0.1) is 6.61 Å². The normalized spacial score (nSPS) is 19.6. The first-order valence-corrected chi connectivity index (χ1v) is 7.51. The Morgan fingerprint density at radius 1 is 1.50 bits per heavy atom. The monoisotopic (exact) mass is 278 g/mol. The van der Waals surface area contributed by atoms with Gasteiger partial charge in [0.1, 0.15) is 0 Å². The highest BCUT2D eigenvalue weighted by atomic mass is 16.5. The minimum absolute atomic E-state index is 0.0414. The fraction of sp³-hybridized carbons (Fsp3) is 0.647. The summed E-state index contributed by atoms with van der Waals surface area (Å²) >= 11 is 0. The van der Waals surface area contributed by atoms with Gasteiger partial charge in [0, 0.05) is 12.0 Å². The molecule has 0 spiro atoms. The molecular weight excluding hydrogens is 252 g/mol. The van der Waals surface area contributed by atoms with Crippen LogP contribution in [0.5, 0.6) is 0 Å². The maximum Gasteiger partial charge on any atom is 0.330 e. The number of esters is 1. The van der Waals surface area contributed by atoms with Crippen LogP contribution in [0.1, 0.15) is 52.9 Å². The average molecular weight is 278 g/mol. The molecule has 0 aromatic heterocycles. The quantitative estimate of drug-likeness (QED) is 0.525. The van der Waals surface area contributed by atoms with Crippen LogP contribution >= 0.6 is 0 Å². The molecular formula is C17H26O3.